The van der Waals surface area contributed by atoms with Gasteiger partial charge in [-0.25, -0.2) is 5.43 Å². The second-order valence-electron chi connectivity index (χ2n) is 5.55. The molecular formula is C19H14N4O5. The van der Waals surface area contributed by atoms with Crippen molar-refractivity contribution in [1.82, 2.24) is 5.43 Å². The van der Waals surface area contributed by atoms with Gasteiger partial charge in [-0.1, -0.05) is 6.07 Å². The summed E-state index contributed by atoms with van der Waals surface area (Å²) in [5.41, 5.74) is 3.12. The molecule has 3 rings (SSSR count). The number of rotatable bonds is 6. The molecule has 140 valence electrons. The Labute approximate surface area is 158 Å². The van der Waals surface area contributed by atoms with Gasteiger partial charge in [0.25, 0.3) is 17.5 Å². The largest absolute Gasteiger partial charge is 0.463 e. The van der Waals surface area contributed by atoms with Gasteiger partial charge in [0.15, 0.2) is 0 Å². The monoisotopic (exact) mass is 378 g/mol. The Balaban J connectivity index is 1.60. The molecule has 2 N–H and O–H groups in total. The van der Waals surface area contributed by atoms with Gasteiger partial charge in [0.05, 0.1) is 17.4 Å². The maximum Gasteiger partial charge on any atom is 0.271 e. The molecule has 0 spiro atoms. The molecule has 0 aliphatic rings. The van der Waals surface area contributed by atoms with Gasteiger partial charge in [-0.05, 0) is 42.5 Å². The fraction of sp³-hybridized carbons (Fsp3) is 0. The molecule has 0 aliphatic heterocycles. The second kappa shape index (κ2) is 8.41. The molecule has 1 aromatic heterocycles. The molecule has 0 bridgehead atoms. The number of benzene rings is 2. The van der Waals surface area contributed by atoms with Gasteiger partial charge in [-0.2, -0.15) is 5.10 Å². The van der Waals surface area contributed by atoms with Gasteiger partial charge in [0.1, 0.15) is 5.76 Å². The van der Waals surface area contributed by atoms with Crippen LogP contribution in [0.2, 0.25) is 0 Å². The van der Waals surface area contributed by atoms with E-state index in [1.54, 1.807) is 24.3 Å². The van der Waals surface area contributed by atoms with Crippen LogP contribution in [0.1, 0.15) is 26.5 Å². The van der Waals surface area contributed by atoms with Crippen LogP contribution in [-0.2, 0) is 0 Å². The van der Waals surface area contributed by atoms with E-state index in [0.29, 0.717) is 17.0 Å². The summed E-state index contributed by atoms with van der Waals surface area (Å²) in [5.74, 6) is -0.428. The van der Waals surface area contributed by atoms with E-state index < -0.39 is 16.7 Å². The minimum atomic E-state index is -0.571. The first-order chi connectivity index (χ1) is 13.5. The van der Waals surface area contributed by atoms with Gasteiger partial charge in [0.2, 0.25) is 0 Å². The van der Waals surface area contributed by atoms with Crippen molar-refractivity contribution in [3.05, 3.63) is 93.9 Å². The van der Waals surface area contributed by atoms with Crippen LogP contribution < -0.4 is 10.7 Å². The smallest absolute Gasteiger partial charge is 0.271 e. The predicted molar refractivity (Wildman–Crippen MR) is 101 cm³/mol. The molecule has 0 unspecified atom stereocenters. The lowest BCUT2D eigenvalue weighted by molar-refractivity contribution is -0.384. The fourth-order valence-corrected chi connectivity index (χ4v) is 2.25. The normalized spacial score (nSPS) is 10.6. The second-order valence-corrected chi connectivity index (χ2v) is 5.55. The molecule has 3 aromatic rings. The van der Waals surface area contributed by atoms with E-state index in [-0.39, 0.29) is 11.3 Å². The number of carbonyl (C=O) groups is 2. The predicted octanol–water partition coefficient (Wildman–Crippen LogP) is 3.20. The number of carbonyl (C=O) groups excluding carboxylic acids is 2. The van der Waals surface area contributed by atoms with Gasteiger partial charge < -0.3 is 9.73 Å². The first kappa shape index (κ1) is 18.5. The number of non-ortho nitro benzene ring substituents is 1. The minimum Gasteiger partial charge on any atom is -0.463 e. The first-order valence-corrected chi connectivity index (χ1v) is 8.06. The zero-order valence-corrected chi connectivity index (χ0v) is 14.4. The van der Waals surface area contributed by atoms with E-state index in [1.807, 2.05) is 0 Å². The highest BCUT2D eigenvalue weighted by molar-refractivity contribution is 6.05. The molecule has 0 radical (unpaired) electrons. The fourth-order valence-electron chi connectivity index (χ4n) is 2.25. The number of amides is 2. The van der Waals surface area contributed by atoms with Crippen LogP contribution in [0.4, 0.5) is 11.4 Å². The molecule has 0 saturated heterocycles. The van der Waals surface area contributed by atoms with Crippen LogP contribution in [0.5, 0.6) is 0 Å². The van der Waals surface area contributed by atoms with Crippen molar-refractivity contribution in [2.24, 2.45) is 5.10 Å². The average Bonchev–Trinajstić information content (AvgIpc) is 3.22. The van der Waals surface area contributed by atoms with Gasteiger partial charge in [-0.3, -0.25) is 19.7 Å². The molecule has 2 aromatic carbocycles. The lowest BCUT2D eigenvalue weighted by Gasteiger charge is -2.06. The number of nitro groups is 1. The molecular weight excluding hydrogens is 364 g/mol. The van der Waals surface area contributed by atoms with E-state index in [1.165, 1.54) is 48.9 Å². The number of hydrazone groups is 1. The third-order valence-corrected chi connectivity index (χ3v) is 3.63. The highest BCUT2D eigenvalue weighted by Gasteiger charge is 2.12. The summed E-state index contributed by atoms with van der Waals surface area (Å²) in [6.45, 7) is 0. The molecule has 2 amide bonds. The van der Waals surface area contributed by atoms with Crippen LogP contribution in [0, 0.1) is 10.1 Å². The third-order valence-electron chi connectivity index (χ3n) is 3.63. The number of anilines is 1. The van der Waals surface area contributed by atoms with Crippen molar-refractivity contribution in [3.8, 4) is 0 Å². The van der Waals surface area contributed by atoms with Crippen molar-refractivity contribution in [2.45, 2.75) is 0 Å². The Kier molecular flexibility index (Phi) is 5.56. The zero-order chi connectivity index (χ0) is 19.9. The maximum absolute atomic E-state index is 12.2. The van der Waals surface area contributed by atoms with Crippen molar-refractivity contribution in [2.75, 3.05) is 5.32 Å². The van der Waals surface area contributed by atoms with E-state index in [9.17, 15) is 19.7 Å². The number of hydrogen-bond donors (Lipinski definition) is 2. The summed E-state index contributed by atoms with van der Waals surface area (Å²) in [5, 5.41) is 17.2. The van der Waals surface area contributed by atoms with E-state index in [4.69, 9.17) is 4.42 Å². The van der Waals surface area contributed by atoms with Crippen molar-refractivity contribution >= 4 is 29.4 Å². The first-order valence-electron chi connectivity index (χ1n) is 8.06. The van der Waals surface area contributed by atoms with E-state index in [0.717, 1.165) is 0 Å². The van der Waals surface area contributed by atoms with Crippen molar-refractivity contribution in [1.29, 1.82) is 0 Å². The van der Waals surface area contributed by atoms with Crippen LogP contribution in [0.15, 0.2) is 76.4 Å². The van der Waals surface area contributed by atoms with Crippen LogP contribution in [-0.4, -0.2) is 23.0 Å². The van der Waals surface area contributed by atoms with Crippen LogP contribution >= 0.6 is 0 Å². The molecule has 0 saturated carbocycles. The lowest BCUT2D eigenvalue weighted by Crippen LogP contribution is -2.17. The van der Waals surface area contributed by atoms with Crippen molar-refractivity contribution in [3.63, 3.8) is 0 Å². The summed E-state index contributed by atoms with van der Waals surface area (Å²) in [6, 6.07) is 14.9. The minimum absolute atomic E-state index is 0.156. The molecule has 9 nitrogen and oxygen atoms in total. The van der Waals surface area contributed by atoms with E-state index >= 15 is 0 Å². The Bertz CT molecular complexity index is 1030. The molecule has 1 heterocycles. The molecule has 0 aliphatic carbocycles. The quantitative estimate of drug-likeness (QED) is 0.387. The van der Waals surface area contributed by atoms with Crippen molar-refractivity contribution < 1.29 is 18.9 Å². The van der Waals surface area contributed by atoms with Gasteiger partial charge in [0, 0.05) is 28.9 Å². The standard InChI is InChI=1S/C19H14N4O5/c24-18(14-3-1-4-16(11-14)23(26)27)21-15-8-6-13(7-9-15)19(25)22-20-12-17-5-2-10-28-17/h1-12H,(H,21,24)(H,22,25). The lowest BCUT2D eigenvalue weighted by atomic mass is 10.1. The third kappa shape index (κ3) is 4.67. The topological polar surface area (TPSA) is 127 Å². The number of hydrogen-bond acceptors (Lipinski definition) is 6. The van der Waals surface area contributed by atoms with E-state index in [2.05, 4.69) is 15.8 Å². The SMILES string of the molecule is O=C(NN=Cc1ccco1)c1ccc(NC(=O)c2cccc([N+](=O)[O-])c2)cc1. The highest BCUT2D eigenvalue weighted by atomic mass is 16.6. The molecule has 28 heavy (non-hydrogen) atoms. The summed E-state index contributed by atoms with van der Waals surface area (Å²) in [7, 11) is 0. The molecule has 0 atom stereocenters. The summed E-state index contributed by atoms with van der Waals surface area (Å²) >= 11 is 0. The van der Waals surface area contributed by atoms with Crippen LogP contribution in [0.3, 0.4) is 0 Å². The number of nitro benzene ring substituents is 1. The Hall–Kier alpha value is -4.27. The van der Waals surface area contributed by atoms with Crippen LogP contribution in [0.25, 0.3) is 0 Å². The molecule has 0 fully saturated rings. The average molecular weight is 378 g/mol. The summed E-state index contributed by atoms with van der Waals surface area (Å²) < 4.78 is 5.05. The maximum atomic E-state index is 12.2. The molecule has 9 heteroatoms. The van der Waals surface area contributed by atoms with Gasteiger partial charge >= 0.3 is 0 Å². The van der Waals surface area contributed by atoms with Gasteiger partial charge in [-0.15, -0.1) is 0 Å². The number of nitrogens with one attached hydrogen (secondary N) is 2. The number of nitrogens with zero attached hydrogens (tertiary/aromatic N) is 2. The summed E-state index contributed by atoms with van der Waals surface area (Å²) in [6.07, 6.45) is 2.86. The number of furan rings is 1. The Morgan fingerprint density at radius 1 is 1.00 bits per heavy atom. The Morgan fingerprint density at radius 2 is 1.79 bits per heavy atom. The highest BCUT2D eigenvalue weighted by Crippen LogP contribution is 2.16. The summed E-state index contributed by atoms with van der Waals surface area (Å²) in [4.78, 5) is 34.5. The Morgan fingerprint density at radius 3 is 2.46 bits per heavy atom. The zero-order valence-electron chi connectivity index (χ0n) is 14.4.